The lowest BCUT2D eigenvalue weighted by atomic mass is 10.3. The van der Waals surface area contributed by atoms with E-state index in [1.807, 2.05) is 20.1 Å². The molecule has 0 fully saturated rings. The number of rotatable bonds is 3. The van der Waals surface area contributed by atoms with Crippen LogP contribution in [0.1, 0.15) is 37.6 Å². The van der Waals surface area contributed by atoms with Gasteiger partial charge in [0.15, 0.2) is 5.16 Å². The first-order valence-corrected chi connectivity index (χ1v) is 5.58. The van der Waals surface area contributed by atoms with Crippen LogP contribution in [-0.2, 0) is 0 Å². The van der Waals surface area contributed by atoms with Crippen LogP contribution in [0.15, 0.2) is 5.16 Å². The van der Waals surface area contributed by atoms with Crippen molar-refractivity contribution >= 4 is 11.8 Å². The zero-order chi connectivity index (χ0) is 10.7. The Labute approximate surface area is 87.7 Å². The van der Waals surface area contributed by atoms with Crippen molar-refractivity contribution in [3.8, 4) is 0 Å². The third kappa shape index (κ3) is 2.63. The summed E-state index contributed by atoms with van der Waals surface area (Å²) in [6, 6.07) is -0.386. The van der Waals surface area contributed by atoms with Crippen LogP contribution in [0.25, 0.3) is 0 Å². The van der Waals surface area contributed by atoms with Gasteiger partial charge >= 0.3 is 0 Å². The van der Waals surface area contributed by atoms with Gasteiger partial charge in [0.2, 0.25) is 0 Å². The molecule has 0 aliphatic heterocycles. The highest BCUT2D eigenvalue weighted by Crippen LogP contribution is 2.14. The van der Waals surface area contributed by atoms with Gasteiger partial charge in [-0.15, -0.1) is 0 Å². The monoisotopic (exact) mass is 213 g/mol. The molecule has 0 bridgehead atoms. The summed E-state index contributed by atoms with van der Waals surface area (Å²) in [5, 5.41) is 0.666. The molecule has 1 aromatic heterocycles. The quantitative estimate of drug-likeness (QED) is 0.716. The first kappa shape index (κ1) is 11.4. The minimum atomic E-state index is -0.193. The fourth-order valence-electron chi connectivity index (χ4n) is 0.887. The lowest BCUT2D eigenvalue weighted by molar-refractivity contribution is 0.635. The number of thioether (sulfide) groups is 1. The van der Waals surface area contributed by atoms with Gasteiger partial charge in [0.25, 0.3) is 0 Å². The molecule has 1 aromatic rings. The van der Waals surface area contributed by atoms with Crippen molar-refractivity contribution in [2.45, 2.75) is 31.1 Å². The fraction of sp³-hybridized carbons (Fsp3) is 0.625. The topological polar surface area (TPSA) is 90.7 Å². The summed E-state index contributed by atoms with van der Waals surface area (Å²) in [6.45, 7) is 3.68. The fourth-order valence-corrected chi connectivity index (χ4v) is 1.26. The highest BCUT2D eigenvalue weighted by molar-refractivity contribution is 7.98. The second-order valence-corrected chi connectivity index (χ2v) is 3.89. The van der Waals surface area contributed by atoms with E-state index in [1.54, 1.807) is 0 Å². The normalized spacial score (nSPS) is 15.2. The maximum absolute atomic E-state index is 5.70. The lowest BCUT2D eigenvalue weighted by Gasteiger charge is -2.09. The molecule has 0 spiro atoms. The van der Waals surface area contributed by atoms with Gasteiger partial charge in [0.1, 0.15) is 11.6 Å². The highest BCUT2D eigenvalue weighted by Gasteiger charge is 2.11. The van der Waals surface area contributed by atoms with Crippen LogP contribution in [0, 0.1) is 0 Å². The van der Waals surface area contributed by atoms with Crippen LogP contribution >= 0.6 is 11.8 Å². The van der Waals surface area contributed by atoms with E-state index in [4.69, 9.17) is 11.5 Å². The molecular formula is C8H15N5S. The summed E-state index contributed by atoms with van der Waals surface area (Å²) in [5.74, 6) is 1.19. The Balaban J connectivity index is 3.13. The van der Waals surface area contributed by atoms with E-state index in [1.165, 1.54) is 11.8 Å². The Morgan fingerprint density at radius 1 is 1.00 bits per heavy atom. The summed E-state index contributed by atoms with van der Waals surface area (Å²) in [5.41, 5.74) is 11.4. The second kappa shape index (κ2) is 4.68. The summed E-state index contributed by atoms with van der Waals surface area (Å²) in [6.07, 6.45) is 1.91. The van der Waals surface area contributed by atoms with E-state index in [0.29, 0.717) is 16.8 Å². The molecule has 0 amide bonds. The smallest absolute Gasteiger partial charge is 0.190 e. The third-order valence-corrected chi connectivity index (χ3v) is 2.19. The largest absolute Gasteiger partial charge is 0.322 e. The van der Waals surface area contributed by atoms with E-state index in [-0.39, 0.29) is 12.1 Å². The standard InChI is InChI=1S/C8H15N5S/c1-4(9)6-11-7(5(2)10)13-8(12-6)14-3/h4-5H,9-10H2,1-3H3. The van der Waals surface area contributed by atoms with Gasteiger partial charge in [-0.25, -0.2) is 15.0 Å². The van der Waals surface area contributed by atoms with Gasteiger partial charge in [-0.3, -0.25) is 0 Å². The van der Waals surface area contributed by atoms with Crippen molar-refractivity contribution in [2.75, 3.05) is 6.26 Å². The maximum atomic E-state index is 5.70. The van der Waals surface area contributed by atoms with Crippen LogP contribution in [0.4, 0.5) is 0 Å². The van der Waals surface area contributed by atoms with Crippen molar-refractivity contribution < 1.29 is 0 Å². The SMILES string of the molecule is CSc1nc(C(C)N)nc(C(C)N)n1. The van der Waals surface area contributed by atoms with Crippen molar-refractivity contribution in [2.24, 2.45) is 11.5 Å². The molecule has 6 heteroatoms. The van der Waals surface area contributed by atoms with Crippen molar-refractivity contribution in [1.29, 1.82) is 0 Å². The molecule has 0 saturated heterocycles. The number of nitrogens with zero attached hydrogens (tertiary/aromatic N) is 3. The summed E-state index contributed by atoms with van der Waals surface area (Å²) < 4.78 is 0. The Bertz CT molecular complexity index is 286. The summed E-state index contributed by atoms with van der Waals surface area (Å²) in [7, 11) is 0. The molecule has 78 valence electrons. The van der Waals surface area contributed by atoms with Crippen LogP contribution < -0.4 is 11.5 Å². The zero-order valence-corrected chi connectivity index (χ0v) is 9.38. The van der Waals surface area contributed by atoms with Crippen molar-refractivity contribution in [3.05, 3.63) is 11.6 Å². The van der Waals surface area contributed by atoms with E-state index < -0.39 is 0 Å². The van der Waals surface area contributed by atoms with Crippen LogP contribution in [0.5, 0.6) is 0 Å². The van der Waals surface area contributed by atoms with Gasteiger partial charge in [-0.2, -0.15) is 0 Å². The molecule has 4 N–H and O–H groups in total. The molecule has 0 aliphatic carbocycles. The molecule has 0 saturated carbocycles. The Hall–Kier alpha value is -0.720. The molecule has 2 unspecified atom stereocenters. The molecule has 5 nitrogen and oxygen atoms in total. The van der Waals surface area contributed by atoms with Gasteiger partial charge in [-0.05, 0) is 20.1 Å². The molecule has 0 aromatic carbocycles. The van der Waals surface area contributed by atoms with Crippen LogP contribution in [0.3, 0.4) is 0 Å². The minimum Gasteiger partial charge on any atom is -0.322 e. The number of hydrogen-bond donors (Lipinski definition) is 2. The average Bonchev–Trinajstić information content (AvgIpc) is 2.16. The molecule has 0 radical (unpaired) electrons. The molecule has 14 heavy (non-hydrogen) atoms. The van der Waals surface area contributed by atoms with E-state index in [9.17, 15) is 0 Å². The Kier molecular flexibility index (Phi) is 3.79. The van der Waals surface area contributed by atoms with E-state index in [2.05, 4.69) is 15.0 Å². The third-order valence-electron chi connectivity index (χ3n) is 1.65. The number of nitrogens with two attached hydrogens (primary N) is 2. The first-order valence-electron chi connectivity index (χ1n) is 4.35. The summed E-state index contributed by atoms with van der Waals surface area (Å²) >= 11 is 1.46. The molecule has 0 aliphatic rings. The maximum Gasteiger partial charge on any atom is 0.190 e. The molecular weight excluding hydrogens is 198 g/mol. The van der Waals surface area contributed by atoms with Gasteiger partial charge in [0.05, 0.1) is 12.1 Å². The van der Waals surface area contributed by atoms with E-state index >= 15 is 0 Å². The van der Waals surface area contributed by atoms with Crippen molar-refractivity contribution in [1.82, 2.24) is 15.0 Å². The van der Waals surface area contributed by atoms with Gasteiger partial charge in [-0.1, -0.05) is 11.8 Å². The van der Waals surface area contributed by atoms with Crippen molar-refractivity contribution in [3.63, 3.8) is 0 Å². The van der Waals surface area contributed by atoms with Crippen LogP contribution in [0.2, 0.25) is 0 Å². The number of hydrogen-bond acceptors (Lipinski definition) is 6. The average molecular weight is 213 g/mol. The Morgan fingerprint density at radius 3 is 1.71 bits per heavy atom. The zero-order valence-electron chi connectivity index (χ0n) is 8.56. The minimum absolute atomic E-state index is 0.193. The lowest BCUT2D eigenvalue weighted by Crippen LogP contribution is -2.17. The predicted octanol–water partition coefficient (Wildman–Crippen LogP) is 0.633. The molecule has 1 rings (SSSR count). The molecule has 1 heterocycles. The predicted molar refractivity (Wildman–Crippen MR) is 56.8 cm³/mol. The van der Waals surface area contributed by atoms with Gasteiger partial charge < -0.3 is 11.5 Å². The highest BCUT2D eigenvalue weighted by atomic mass is 32.2. The van der Waals surface area contributed by atoms with Gasteiger partial charge in [0, 0.05) is 0 Å². The second-order valence-electron chi connectivity index (χ2n) is 3.12. The molecule has 2 atom stereocenters. The summed E-state index contributed by atoms with van der Waals surface area (Å²) in [4.78, 5) is 12.6. The first-order chi connectivity index (χ1) is 6.54. The van der Waals surface area contributed by atoms with Crippen LogP contribution in [-0.4, -0.2) is 21.2 Å². The number of aromatic nitrogens is 3. The Morgan fingerprint density at radius 2 is 1.43 bits per heavy atom. The van der Waals surface area contributed by atoms with E-state index in [0.717, 1.165) is 0 Å².